The highest BCUT2D eigenvalue weighted by molar-refractivity contribution is 7.16. The average Bonchev–Trinajstić information content (AvgIpc) is 3.30. The first-order chi connectivity index (χ1) is 12.6. The van der Waals surface area contributed by atoms with Crippen LogP contribution in [0, 0.1) is 0 Å². The Balaban J connectivity index is 1.47. The predicted molar refractivity (Wildman–Crippen MR) is 104 cm³/mol. The molecule has 2 amide bonds. The molecule has 0 aliphatic carbocycles. The number of halogens is 1. The number of thiophene rings is 1. The summed E-state index contributed by atoms with van der Waals surface area (Å²) < 4.78 is 0. The highest BCUT2D eigenvalue weighted by Crippen LogP contribution is 2.29. The van der Waals surface area contributed by atoms with Crippen molar-refractivity contribution < 1.29 is 9.59 Å². The second kappa shape index (κ2) is 7.19. The molecule has 2 aromatic heterocycles. The molecule has 0 saturated heterocycles. The molecule has 0 saturated carbocycles. The first-order valence-electron chi connectivity index (χ1n) is 7.98. The van der Waals surface area contributed by atoms with Gasteiger partial charge in [0.25, 0.3) is 11.8 Å². The van der Waals surface area contributed by atoms with E-state index in [0.29, 0.717) is 40.1 Å². The van der Waals surface area contributed by atoms with E-state index in [1.165, 1.54) is 22.7 Å². The fourth-order valence-electron chi connectivity index (χ4n) is 2.76. The molecule has 1 N–H and O–H groups in total. The number of carbonyl (C=O) groups excluding carboxylic acids is 2. The number of amides is 2. The van der Waals surface area contributed by atoms with Crippen LogP contribution in [-0.4, -0.2) is 28.2 Å². The number of nitrogens with zero attached hydrogens (tertiary/aromatic N) is 2. The van der Waals surface area contributed by atoms with Gasteiger partial charge in [-0.3, -0.25) is 14.9 Å². The van der Waals surface area contributed by atoms with Crippen LogP contribution in [0.1, 0.15) is 30.6 Å². The maximum Gasteiger partial charge on any atom is 0.267 e. The van der Waals surface area contributed by atoms with Crippen LogP contribution in [0.3, 0.4) is 0 Å². The molecule has 0 atom stereocenters. The molecule has 132 valence electrons. The zero-order valence-electron chi connectivity index (χ0n) is 13.6. The lowest BCUT2D eigenvalue weighted by Gasteiger charge is -2.26. The zero-order chi connectivity index (χ0) is 18.1. The molecule has 26 heavy (non-hydrogen) atoms. The van der Waals surface area contributed by atoms with Crippen LogP contribution in [-0.2, 0) is 13.0 Å². The third kappa shape index (κ3) is 3.51. The third-order valence-corrected chi connectivity index (χ3v) is 6.19. The topological polar surface area (TPSA) is 62.3 Å². The summed E-state index contributed by atoms with van der Waals surface area (Å²) >= 11 is 8.70. The Morgan fingerprint density at radius 2 is 2.00 bits per heavy atom. The molecule has 1 aliphatic rings. The lowest BCUT2D eigenvalue weighted by atomic mass is 10.1. The highest BCUT2D eigenvalue weighted by Gasteiger charge is 2.25. The van der Waals surface area contributed by atoms with E-state index in [-0.39, 0.29) is 11.8 Å². The van der Waals surface area contributed by atoms with E-state index in [1.807, 2.05) is 11.4 Å². The predicted octanol–water partition coefficient (Wildman–Crippen LogP) is 4.31. The SMILES string of the molecule is O=C(Nc1nc2c(s1)CN(C(=O)c1ccc(Cl)cc1)CC2)c1cccs1. The van der Waals surface area contributed by atoms with Crippen molar-refractivity contribution in [2.75, 3.05) is 11.9 Å². The van der Waals surface area contributed by atoms with Crippen molar-refractivity contribution in [3.05, 3.63) is 67.8 Å². The van der Waals surface area contributed by atoms with Crippen LogP contribution in [0.15, 0.2) is 41.8 Å². The molecule has 4 rings (SSSR count). The van der Waals surface area contributed by atoms with Crippen molar-refractivity contribution in [3.63, 3.8) is 0 Å². The quantitative estimate of drug-likeness (QED) is 0.708. The van der Waals surface area contributed by atoms with Crippen molar-refractivity contribution in [2.24, 2.45) is 0 Å². The highest BCUT2D eigenvalue weighted by atomic mass is 35.5. The van der Waals surface area contributed by atoms with Gasteiger partial charge in [0, 0.05) is 28.4 Å². The lowest BCUT2D eigenvalue weighted by Crippen LogP contribution is -2.35. The molecule has 0 radical (unpaired) electrons. The van der Waals surface area contributed by atoms with Gasteiger partial charge >= 0.3 is 0 Å². The Hall–Kier alpha value is -2.22. The van der Waals surface area contributed by atoms with E-state index in [1.54, 1.807) is 35.2 Å². The normalized spacial score (nSPS) is 13.3. The molecule has 5 nitrogen and oxygen atoms in total. The fourth-order valence-corrected chi connectivity index (χ4v) is 4.53. The van der Waals surface area contributed by atoms with E-state index in [0.717, 1.165) is 10.6 Å². The number of nitrogens with one attached hydrogen (secondary N) is 1. The van der Waals surface area contributed by atoms with Gasteiger partial charge < -0.3 is 4.90 Å². The summed E-state index contributed by atoms with van der Waals surface area (Å²) in [6, 6.07) is 10.5. The Morgan fingerprint density at radius 3 is 2.73 bits per heavy atom. The van der Waals surface area contributed by atoms with E-state index < -0.39 is 0 Å². The van der Waals surface area contributed by atoms with Crippen molar-refractivity contribution in [2.45, 2.75) is 13.0 Å². The van der Waals surface area contributed by atoms with Gasteiger partial charge in [-0.2, -0.15) is 0 Å². The summed E-state index contributed by atoms with van der Waals surface area (Å²) in [7, 11) is 0. The molecule has 0 bridgehead atoms. The summed E-state index contributed by atoms with van der Waals surface area (Å²) in [5.74, 6) is -0.176. The molecule has 3 heterocycles. The largest absolute Gasteiger partial charge is 0.333 e. The molecular weight excluding hydrogens is 390 g/mol. The van der Waals surface area contributed by atoms with E-state index in [2.05, 4.69) is 10.3 Å². The van der Waals surface area contributed by atoms with Crippen LogP contribution in [0.4, 0.5) is 5.13 Å². The minimum atomic E-state index is -0.153. The van der Waals surface area contributed by atoms with Crippen LogP contribution < -0.4 is 5.32 Å². The number of aromatic nitrogens is 1. The van der Waals surface area contributed by atoms with Gasteiger partial charge in [0.05, 0.1) is 17.1 Å². The van der Waals surface area contributed by atoms with Crippen LogP contribution in [0.2, 0.25) is 5.02 Å². The van der Waals surface area contributed by atoms with Crippen LogP contribution >= 0.6 is 34.3 Å². The molecule has 8 heteroatoms. The van der Waals surface area contributed by atoms with Gasteiger partial charge in [0.15, 0.2) is 5.13 Å². The van der Waals surface area contributed by atoms with Crippen molar-refractivity contribution in [3.8, 4) is 0 Å². The van der Waals surface area contributed by atoms with Gasteiger partial charge in [-0.1, -0.05) is 29.0 Å². The second-order valence-corrected chi connectivity index (χ2v) is 8.27. The van der Waals surface area contributed by atoms with Crippen LogP contribution in [0.5, 0.6) is 0 Å². The Bertz CT molecular complexity index is 951. The van der Waals surface area contributed by atoms with Gasteiger partial charge in [0.1, 0.15) is 0 Å². The second-order valence-electron chi connectivity index (χ2n) is 5.80. The van der Waals surface area contributed by atoms with Gasteiger partial charge in [-0.25, -0.2) is 4.98 Å². The minimum Gasteiger partial charge on any atom is -0.333 e. The Labute approximate surface area is 163 Å². The van der Waals surface area contributed by atoms with Gasteiger partial charge in [-0.15, -0.1) is 11.3 Å². The zero-order valence-corrected chi connectivity index (χ0v) is 16.0. The summed E-state index contributed by atoms with van der Waals surface area (Å²) in [4.78, 5) is 32.8. The van der Waals surface area contributed by atoms with Crippen molar-refractivity contribution in [1.82, 2.24) is 9.88 Å². The number of fused-ring (bicyclic) bond motifs is 1. The Morgan fingerprint density at radius 1 is 1.19 bits per heavy atom. The lowest BCUT2D eigenvalue weighted by molar-refractivity contribution is 0.0736. The van der Waals surface area contributed by atoms with E-state index in [9.17, 15) is 9.59 Å². The summed E-state index contributed by atoms with van der Waals surface area (Å²) in [6.07, 6.45) is 0.681. The number of anilines is 1. The number of hydrogen-bond acceptors (Lipinski definition) is 5. The number of benzene rings is 1. The standard InChI is InChI=1S/C18H14ClN3O2S2/c19-12-5-3-11(4-6-12)17(24)22-8-7-13-15(10-22)26-18(20-13)21-16(23)14-2-1-9-25-14/h1-6,9H,7-8,10H2,(H,20,21,23). The molecule has 0 fully saturated rings. The van der Waals surface area contributed by atoms with E-state index in [4.69, 9.17) is 11.6 Å². The van der Waals surface area contributed by atoms with Crippen molar-refractivity contribution in [1.29, 1.82) is 0 Å². The number of carbonyl (C=O) groups is 2. The molecule has 0 spiro atoms. The summed E-state index contributed by atoms with van der Waals surface area (Å²) in [6.45, 7) is 1.11. The minimum absolute atomic E-state index is 0.0233. The number of hydrogen-bond donors (Lipinski definition) is 1. The molecule has 3 aromatic rings. The number of thiazole rings is 1. The monoisotopic (exact) mass is 403 g/mol. The fraction of sp³-hybridized carbons (Fsp3) is 0.167. The molecule has 1 aromatic carbocycles. The maximum atomic E-state index is 12.7. The first-order valence-corrected chi connectivity index (χ1v) is 10.1. The Kier molecular flexibility index (Phi) is 4.76. The van der Waals surface area contributed by atoms with Gasteiger partial charge in [0.2, 0.25) is 0 Å². The smallest absolute Gasteiger partial charge is 0.267 e. The first kappa shape index (κ1) is 17.2. The number of rotatable bonds is 3. The van der Waals surface area contributed by atoms with Crippen molar-refractivity contribution >= 4 is 51.2 Å². The average molecular weight is 404 g/mol. The molecule has 1 aliphatic heterocycles. The van der Waals surface area contributed by atoms with Crippen LogP contribution in [0.25, 0.3) is 0 Å². The van der Waals surface area contributed by atoms with Gasteiger partial charge in [-0.05, 0) is 35.7 Å². The summed E-state index contributed by atoms with van der Waals surface area (Å²) in [5.41, 5.74) is 1.57. The third-order valence-electron chi connectivity index (χ3n) is 4.08. The maximum absolute atomic E-state index is 12.7. The van der Waals surface area contributed by atoms with E-state index >= 15 is 0 Å². The molecular formula is C18H14ClN3O2S2. The molecule has 0 unspecified atom stereocenters. The summed E-state index contributed by atoms with van der Waals surface area (Å²) in [5, 5.41) is 5.89.